The van der Waals surface area contributed by atoms with E-state index in [9.17, 15) is 13.5 Å². The van der Waals surface area contributed by atoms with Crippen molar-refractivity contribution in [3.8, 4) is 0 Å². The zero-order chi connectivity index (χ0) is 13.2. The molecule has 1 aromatic rings. The second kappa shape index (κ2) is 5.51. The van der Waals surface area contributed by atoms with Gasteiger partial charge in [0.15, 0.2) is 0 Å². The zero-order valence-electron chi connectivity index (χ0n) is 8.80. The Kier molecular flexibility index (Phi) is 4.77. The number of benzene rings is 1. The Bertz CT molecular complexity index is 506. The lowest BCUT2D eigenvalue weighted by molar-refractivity contribution is 0.0509. The summed E-state index contributed by atoms with van der Waals surface area (Å²) in [7, 11) is -4.14. The van der Waals surface area contributed by atoms with Crippen molar-refractivity contribution in [3.05, 3.63) is 33.8 Å². The molecule has 0 spiro atoms. The molecular formula is C9H11Cl2NO4S. The van der Waals surface area contributed by atoms with Gasteiger partial charge in [0.2, 0.25) is 0 Å². The van der Waals surface area contributed by atoms with Crippen molar-refractivity contribution >= 4 is 33.5 Å². The number of rotatable bonds is 4. The third-order valence-corrected chi connectivity index (χ3v) is 3.16. The molecule has 0 heterocycles. The summed E-state index contributed by atoms with van der Waals surface area (Å²) in [5, 5.41) is 15.2. The lowest BCUT2D eigenvalue weighted by Gasteiger charge is -2.19. The molecule has 2 atom stereocenters. The SMILES string of the molecule is C[C@H](OS(N)(=O)=O)[C@@H](O)c1cc(Cl)ccc1Cl. The molecule has 0 bridgehead atoms. The second-order valence-electron chi connectivity index (χ2n) is 3.40. The van der Waals surface area contributed by atoms with Crippen LogP contribution in [-0.2, 0) is 14.5 Å². The molecule has 0 amide bonds. The van der Waals surface area contributed by atoms with Gasteiger partial charge in [-0.15, -0.1) is 0 Å². The molecule has 1 rings (SSSR count). The highest BCUT2D eigenvalue weighted by molar-refractivity contribution is 7.84. The Balaban J connectivity index is 2.96. The minimum absolute atomic E-state index is 0.256. The van der Waals surface area contributed by atoms with Crippen molar-refractivity contribution in [3.63, 3.8) is 0 Å². The topological polar surface area (TPSA) is 89.6 Å². The van der Waals surface area contributed by atoms with Gasteiger partial charge in [-0.05, 0) is 25.1 Å². The fourth-order valence-corrected chi connectivity index (χ4v) is 2.20. The lowest BCUT2D eigenvalue weighted by Crippen LogP contribution is -2.27. The highest BCUT2D eigenvalue weighted by Crippen LogP contribution is 2.29. The van der Waals surface area contributed by atoms with Crippen LogP contribution in [0.25, 0.3) is 0 Å². The van der Waals surface area contributed by atoms with Crippen LogP contribution in [0.4, 0.5) is 0 Å². The van der Waals surface area contributed by atoms with Crippen LogP contribution in [0.2, 0.25) is 10.0 Å². The van der Waals surface area contributed by atoms with E-state index in [2.05, 4.69) is 4.18 Å². The van der Waals surface area contributed by atoms with E-state index in [4.69, 9.17) is 28.3 Å². The van der Waals surface area contributed by atoms with Crippen molar-refractivity contribution in [2.45, 2.75) is 19.1 Å². The molecule has 0 aliphatic rings. The van der Waals surface area contributed by atoms with Gasteiger partial charge >= 0.3 is 10.3 Å². The van der Waals surface area contributed by atoms with Crippen LogP contribution in [0.1, 0.15) is 18.6 Å². The molecule has 96 valence electrons. The van der Waals surface area contributed by atoms with E-state index >= 15 is 0 Å². The maximum atomic E-state index is 10.7. The van der Waals surface area contributed by atoms with E-state index < -0.39 is 22.5 Å². The number of halogens is 2. The fourth-order valence-electron chi connectivity index (χ4n) is 1.26. The summed E-state index contributed by atoms with van der Waals surface area (Å²) in [6.45, 7) is 1.35. The Morgan fingerprint density at radius 1 is 1.41 bits per heavy atom. The molecule has 0 aromatic heterocycles. The van der Waals surface area contributed by atoms with Crippen molar-refractivity contribution in [1.82, 2.24) is 0 Å². The van der Waals surface area contributed by atoms with E-state index in [1.54, 1.807) is 6.07 Å². The lowest BCUT2D eigenvalue weighted by atomic mass is 10.1. The minimum Gasteiger partial charge on any atom is -0.386 e. The first-order chi connectivity index (χ1) is 7.70. The van der Waals surface area contributed by atoms with Crippen LogP contribution in [0.3, 0.4) is 0 Å². The molecule has 8 heteroatoms. The van der Waals surface area contributed by atoms with E-state index in [0.717, 1.165) is 0 Å². The Morgan fingerprint density at radius 3 is 2.53 bits per heavy atom. The molecule has 5 nitrogen and oxygen atoms in total. The molecule has 0 unspecified atom stereocenters. The molecule has 0 aliphatic carbocycles. The molecular weight excluding hydrogens is 289 g/mol. The standard InChI is InChI=1S/C9H11Cl2NO4S/c1-5(16-17(12,14)15)9(13)7-4-6(10)2-3-8(7)11/h2-5,9,13H,1H3,(H2,12,14,15)/t5-,9+/m0/s1. The Labute approximate surface area is 109 Å². The molecule has 0 radical (unpaired) electrons. The highest BCUT2D eigenvalue weighted by Gasteiger charge is 2.23. The largest absolute Gasteiger partial charge is 0.386 e. The second-order valence-corrected chi connectivity index (χ2v) is 5.43. The monoisotopic (exact) mass is 299 g/mol. The first kappa shape index (κ1) is 14.7. The van der Waals surface area contributed by atoms with Gasteiger partial charge in [-0.1, -0.05) is 23.2 Å². The third kappa shape index (κ3) is 4.42. The number of aliphatic hydroxyl groups excluding tert-OH is 1. The summed E-state index contributed by atoms with van der Waals surface area (Å²) >= 11 is 11.6. The molecule has 1 aromatic carbocycles. The van der Waals surface area contributed by atoms with Crippen LogP contribution in [0.5, 0.6) is 0 Å². The van der Waals surface area contributed by atoms with Crippen LogP contribution in [0, 0.1) is 0 Å². The van der Waals surface area contributed by atoms with Gasteiger partial charge in [-0.2, -0.15) is 8.42 Å². The fraction of sp³-hybridized carbons (Fsp3) is 0.333. The van der Waals surface area contributed by atoms with Gasteiger partial charge in [-0.25, -0.2) is 5.14 Å². The van der Waals surface area contributed by atoms with Crippen LogP contribution in [0.15, 0.2) is 18.2 Å². The number of hydrogen-bond donors (Lipinski definition) is 2. The molecule has 3 N–H and O–H groups in total. The summed E-state index contributed by atoms with van der Waals surface area (Å²) < 4.78 is 25.9. The van der Waals surface area contributed by atoms with Crippen molar-refractivity contribution in [2.75, 3.05) is 0 Å². The Hall–Kier alpha value is -0.370. The first-order valence-electron chi connectivity index (χ1n) is 4.54. The third-order valence-electron chi connectivity index (χ3n) is 2.01. The van der Waals surface area contributed by atoms with Gasteiger partial charge in [0.25, 0.3) is 0 Å². The van der Waals surface area contributed by atoms with Gasteiger partial charge in [0.05, 0.1) is 0 Å². The van der Waals surface area contributed by atoms with E-state index in [1.807, 2.05) is 0 Å². The normalized spacial score (nSPS) is 15.6. The van der Waals surface area contributed by atoms with Gasteiger partial charge < -0.3 is 5.11 Å². The minimum atomic E-state index is -4.14. The van der Waals surface area contributed by atoms with Gasteiger partial charge in [0.1, 0.15) is 12.2 Å². The summed E-state index contributed by atoms with van der Waals surface area (Å²) in [5.41, 5.74) is 0.273. The van der Waals surface area contributed by atoms with Gasteiger partial charge in [0, 0.05) is 15.6 Å². The average molecular weight is 300 g/mol. The molecule has 0 aliphatic heterocycles. The summed E-state index contributed by atoms with van der Waals surface area (Å²) in [5.74, 6) is 0. The quantitative estimate of drug-likeness (QED) is 0.884. The van der Waals surface area contributed by atoms with E-state index in [1.165, 1.54) is 19.1 Å². The maximum absolute atomic E-state index is 10.7. The van der Waals surface area contributed by atoms with Crippen molar-refractivity contribution < 1.29 is 17.7 Å². The van der Waals surface area contributed by atoms with Crippen LogP contribution in [-0.4, -0.2) is 19.6 Å². The molecule has 0 saturated heterocycles. The molecule has 17 heavy (non-hydrogen) atoms. The van der Waals surface area contributed by atoms with E-state index in [0.29, 0.717) is 5.02 Å². The van der Waals surface area contributed by atoms with Crippen molar-refractivity contribution in [1.29, 1.82) is 0 Å². The average Bonchev–Trinajstić information content (AvgIpc) is 2.18. The van der Waals surface area contributed by atoms with Crippen LogP contribution >= 0.6 is 23.2 Å². The van der Waals surface area contributed by atoms with Gasteiger partial charge in [-0.3, -0.25) is 4.18 Å². The number of hydrogen-bond acceptors (Lipinski definition) is 4. The first-order valence-corrected chi connectivity index (χ1v) is 6.77. The Morgan fingerprint density at radius 2 is 2.00 bits per heavy atom. The smallest absolute Gasteiger partial charge is 0.333 e. The van der Waals surface area contributed by atoms with E-state index in [-0.39, 0.29) is 10.6 Å². The summed E-state index contributed by atoms with van der Waals surface area (Å²) in [6.07, 6.45) is -2.32. The molecule has 0 fully saturated rings. The maximum Gasteiger partial charge on any atom is 0.333 e. The van der Waals surface area contributed by atoms with Crippen LogP contribution < -0.4 is 5.14 Å². The number of nitrogens with two attached hydrogens (primary N) is 1. The predicted molar refractivity (Wildman–Crippen MR) is 65.1 cm³/mol. The zero-order valence-corrected chi connectivity index (χ0v) is 11.1. The summed E-state index contributed by atoms with van der Waals surface area (Å²) in [6, 6.07) is 4.47. The highest BCUT2D eigenvalue weighted by atomic mass is 35.5. The summed E-state index contributed by atoms with van der Waals surface area (Å²) in [4.78, 5) is 0. The number of aliphatic hydroxyl groups is 1. The predicted octanol–water partition coefficient (Wildman–Crippen LogP) is 1.64. The molecule has 0 saturated carbocycles. The van der Waals surface area contributed by atoms with Crippen molar-refractivity contribution in [2.24, 2.45) is 5.14 Å².